The van der Waals surface area contributed by atoms with Gasteiger partial charge in [-0.3, -0.25) is 0 Å². The van der Waals surface area contributed by atoms with E-state index in [1.54, 1.807) is 6.07 Å². The average molecular weight is 373 g/mol. The molecule has 1 atom stereocenters. The van der Waals surface area contributed by atoms with Crippen LogP contribution in [0.15, 0.2) is 27.2 Å². The van der Waals surface area contributed by atoms with Crippen LogP contribution in [0.2, 0.25) is 0 Å². The van der Waals surface area contributed by atoms with Gasteiger partial charge in [-0.1, -0.05) is 5.16 Å². The number of aryl methyl sites for hydroxylation is 1. The highest BCUT2D eigenvalue weighted by molar-refractivity contribution is 9.10. The summed E-state index contributed by atoms with van der Waals surface area (Å²) >= 11 is 9.40. The summed E-state index contributed by atoms with van der Waals surface area (Å²) in [6.45, 7) is 4.13. The Hall–Kier alpha value is -1.40. The van der Waals surface area contributed by atoms with Crippen molar-refractivity contribution in [1.82, 2.24) is 14.7 Å². The van der Waals surface area contributed by atoms with E-state index < -0.39 is 0 Å². The van der Waals surface area contributed by atoms with Crippen molar-refractivity contribution in [3.05, 3.63) is 45.8 Å². The normalized spacial score (nSPS) is 13.0. The Morgan fingerprint density at radius 3 is 2.81 bits per heavy atom. The van der Waals surface area contributed by atoms with Gasteiger partial charge in [0.1, 0.15) is 11.6 Å². The Bertz CT molecular complexity index is 812. The maximum atomic E-state index is 13.7. The largest absolute Gasteiger partial charge is 0.359 e. The van der Waals surface area contributed by atoms with Gasteiger partial charge in [0.2, 0.25) is 0 Å². The molecule has 0 aliphatic rings. The van der Waals surface area contributed by atoms with Crippen LogP contribution in [0, 0.1) is 12.7 Å². The lowest BCUT2D eigenvalue weighted by molar-refractivity contribution is 0.372. The van der Waals surface area contributed by atoms with Crippen molar-refractivity contribution in [2.24, 2.45) is 0 Å². The van der Waals surface area contributed by atoms with E-state index >= 15 is 0 Å². The third-order valence-electron chi connectivity index (χ3n) is 3.17. The third kappa shape index (κ3) is 2.70. The summed E-state index contributed by atoms with van der Waals surface area (Å²) in [7, 11) is 0. The second-order valence-electron chi connectivity index (χ2n) is 4.86. The number of nitrogens with zero attached hydrogens (tertiary/aromatic N) is 3. The van der Waals surface area contributed by atoms with Crippen molar-refractivity contribution in [1.29, 1.82) is 0 Å². The molecule has 3 aromatic rings. The second kappa shape index (κ2) is 5.42. The predicted octanol–water partition coefficient (Wildman–Crippen LogP) is 4.58. The number of rotatable bonds is 3. The van der Waals surface area contributed by atoms with Crippen molar-refractivity contribution >= 4 is 38.6 Å². The molecule has 0 saturated carbocycles. The lowest BCUT2D eigenvalue weighted by Crippen LogP contribution is -2.05. The number of aromatic nitrogens is 3. The van der Waals surface area contributed by atoms with E-state index in [1.807, 2.05) is 24.5 Å². The van der Waals surface area contributed by atoms with Gasteiger partial charge in [0, 0.05) is 12.1 Å². The maximum Gasteiger partial charge on any atom is 0.156 e. The molecule has 0 saturated heterocycles. The van der Waals surface area contributed by atoms with Gasteiger partial charge in [-0.05, 0) is 35.8 Å². The average Bonchev–Trinajstić information content (AvgIpc) is 2.96. The molecule has 2 heterocycles. The van der Waals surface area contributed by atoms with Crippen LogP contribution in [-0.2, 0) is 6.54 Å². The fraction of sp³-hybridized carbons (Fsp3) is 0.286. The molecule has 0 bridgehead atoms. The first-order chi connectivity index (χ1) is 9.95. The highest BCUT2D eigenvalue weighted by Gasteiger charge is 2.18. The van der Waals surface area contributed by atoms with Crippen LogP contribution in [0.3, 0.4) is 0 Å². The molecule has 1 unspecified atom stereocenters. The van der Waals surface area contributed by atoms with Crippen LogP contribution in [0.25, 0.3) is 11.0 Å². The lowest BCUT2D eigenvalue weighted by atomic mass is 10.3. The molecular weight excluding hydrogens is 361 g/mol. The van der Waals surface area contributed by atoms with Gasteiger partial charge in [-0.2, -0.15) is 0 Å². The fourth-order valence-electron chi connectivity index (χ4n) is 2.26. The van der Waals surface area contributed by atoms with Crippen LogP contribution in [0.1, 0.15) is 29.6 Å². The van der Waals surface area contributed by atoms with Gasteiger partial charge >= 0.3 is 0 Å². The molecule has 110 valence electrons. The number of hydrogen-bond acceptors (Lipinski definition) is 3. The van der Waals surface area contributed by atoms with Crippen LogP contribution in [-0.4, -0.2) is 14.7 Å². The first-order valence-corrected chi connectivity index (χ1v) is 7.60. The third-order valence-corrected chi connectivity index (χ3v) is 3.97. The molecule has 0 amide bonds. The Labute approximate surface area is 134 Å². The molecule has 0 radical (unpaired) electrons. The molecule has 0 aliphatic carbocycles. The Morgan fingerprint density at radius 2 is 2.19 bits per heavy atom. The van der Waals surface area contributed by atoms with Crippen molar-refractivity contribution in [3.63, 3.8) is 0 Å². The minimum absolute atomic E-state index is 0.303. The molecular formula is C14H12BrClFN3O. The van der Waals surface area contributed by atoms with Crippen LogP contribution >= 0.6 is 27.5 Å². The number of alkyl halides is 1. The maximum absolute atomic E-state index is 13.7. The SMILES string of the molecule is Cc1cc(Cn2c(C(C)Cl)nc3cc(F)c(Br)cc32)on1. The molecule has 2 aromatic heterocycles. The van der Waals surface area contributed by atoms with E-state index in [4.69, 9.17) is 16.1 Å². The topological polar surface area (TPSA) is 43.9 Å². The van der Waals surface area contributed by atoms with E-state index in [1.165, 1.54) is 6.07 Å². The van der Waals surface area contributed by atoms with Gasteiger partial charge in [0.15, 0.2) is 5.76 Å². The Kier molecular flexibility index (Phi) is 3.75. The molecule has 0 spiro atoms. The molecule has 0 aliphatic heterocycles. The van der Waals surface area contributed by atoms with E-state index in [2.05, 4.69) is 26.1 Å². The number of benzene rings is 1. The zero-order chi connectivity index (χ0) is 15.1. The summed E-state index contributed by atoms with van der Waals surface area (Å²) in [6, 6.07) is 4.95. The van der Waals surface area contributed by atoms with E-state index in [-0.39, 0.29) is 11.2 Å². The van der Waals surface area contributed by atoms with E-state index in [0.29, 0.717) is 28.1 Å². The lowest BCUT2D eigenvalue weighted by Gasteiger charge is -2.08. The standard InChI is InChI=1S/C14H12BrClFN3O/c1-7-3-9(21-19-7)6-20-13-4-10(15)11(17)5-12(13)18-14(20)8(2)16/h3-5,8H,6H2,1-2H3. The van der Waals surface area contributed by atoms with Crippen LogP contribution in [0.5, 0.6) is 0 Å². The summed E-state index contributed by atoms with van der Waals surface area (Å²) in [6.07, 6.45) is 0. The second-order valence-corrected chi connectivity index (χ2v) is 6.37. The minimum Gasteiger partial charge on any atom is -0.359 e. The molecule has 7 heteroatoms. The monoisotopic (exact) mass is 371 g/mol. The molecule has 0 N–H and O–H groups in total. The van der Waals surface area contributed by atoms with Gasteiger partial charge in [-0.25, -0.2) is 9.37 Å². The highest BCUT2D eigenvalue weighted by atomic mass is 79.9. The molecule has 0 fully saturated rings. The van der Waals surface area contributed by atoms with Crippen molar-refractivity contribution in [2.45, 2.75) is 25.8 Å². The molecule has 21 heavy (non-hydrogen) atoms. The van der Waals surface area contributed by atoms with Crippen molar-refractivity contribution < 1.29 is 8.91 Å². The van der Waals surface area contributed by atoms with Crippen molar-refractivity contribution in [2.75, 3.05) is 0 Å². The van der Waals surface area contributed by atoms with Crippen LogP contribution in [0.4, 0.5) is 4.39 Å². The number of hydrogen-bond donors (Lipinski definition) is 0. The van der Waals surface area contributed by atoms with Gasteiger partial charge in [-0.15, -0.1) is 11.6 Å². The fourth-order valence-corrected chi connectivity index (χ4v) is 2.75. The minimum atomic E-state index is -0.351. The molecule has 1 aromatic carbocycles. The number of imidazole rings is 1. The summed E-state index contributed by atoms with van der Waals surface area (Å²) in [5, 5.41) is 3.57. The van der Waals surface area contributed by atoms with E-state index in [0.717, 1.165) is 11.2 Å². The first-order valence-electron chi connectivity index (χ1n) is 6.37. The molecule has 4 nitrogen and oxygen atoms in total. The zero-order valence-corrected chi connectivity index (χ0v) is 13.7. The van der Waals surface area contributed by atoms with Crippen LogP contribution < -0.4 is 0 Å². The Morgan fingerprint density at radius 1 is 1.43 bits per heavy atom. The summed E-state index contributed by atoms with van der Waals surface area (Å²) in [5.41, 5.74) is 2.16. The Balaban J connectivity index is 2.17. The number of halogens is 3. The smallest absolute Gasteiger partial charge is 0.156 e. The van der Waals surface area contributed by atoms with E-state index in [9.17, 15) is 4.39 Å². The number of fused-ring (bicyclic) bond motifs is 1. The summed E-state index contributed by atoms with van der Waals surface area (Å²) in [4.78, 5) is 4.43. The highest BCUT2D eigenvalue weighted by Crippen LogP contribution is 2.29. The van der Waals surface area contributed by atoms with Gasteiger partial charge in [0.25, 0.3) is 0 Å². The molecule has 3 rings (SSSR count). The summed E-state index contributed by atoms with van der Waals surface area (Å²) in [5.74, 6) is 1.01. The van der Waals surface area contributed by atoms with Gasteiger partial charge < -0.3 is 9.09 Å². The van der Waals surface area contributed by atoms with Gasteiger partial charge in [0.05, 0.1) is 33.1 Å². The predicted molar refractivity (Wildman–Crippen MR) is 82.0 cm³/mol. The summed E-state index contributed by atoms with van der Waals surface area (Å²) < 4.78 is 21.2. The van der Waals surface area contributed by atoms with Crippen molar-refractivity contribution in [3.8, 4) is 0 Å². The first kappa shape index (κ1) is 14.5. The zero-order valence-electron chi connectivity index (χ0n) is 11.4. The quantitative estimate of drug-likeness (QED) is 0.632.